The largest absolute Gasteiger partial charge is 0.493 e. The number of pyridine rings is 2. The average molecular weight is 471 g/mol. The van der Waals surface area contributed by atoms with Gasteiger partial charge < -0.3 is 20.4 Å². The second-order valence-corrected chi connectivity index (χ2v) is 7.93. The van der Waals surface area contributed by atoms with E-state index in [1.54, 1.807) is 12.1 Å². The molecule has 4 rings (SSSR count). The van der Waals surface area contributed by atoms with Gasteiger partial charge in [0.2, 0.25) is 5.95 Å². The highest BCUT2D eigenvalue weighted by Crippen LogP contribution is 2.32. The number of amides is 1. The zero-order valence-corrected chi connectivity index (χ0v) is 19.1. The van der Waals surface area contributed by atoms with Gasteiger partial charge >= 0.3 is 0 Å². The van der Waals surface area contributed by atoms with Crippen molar-refractivity contribution >= 4 is 57.6 Å². The van der Waals surface area contributed by atoms with Gasteiger partial charge in [-0.2, -0.15) is 0 Å². The van der Waals surface area contributed by atoms with Crippen LogP contribution in [-0.4, -0.2) is 32.4 Å². The van der Waals surface area contributed by atoms with Crippen LogP contribution >= 0.6 is 23.2 Å². The van der Waals surface area contributed by atoms with Crippen LogP contribution in [-0.2, 0) is 0 Å². The van der Waals surface area contributed by atoms with Crippen LogP contribution < -0.4 is 15.4 Å². The minimum absolute atomic E-state index is 0.336. The molecule has 8 nitrogen and oxygen atoms in total. The molecule has 0 saturated heterocycles. The molecule has 0 aliphatic heterocycles. The van der Waals surface area contributed by atoms with Crippen LogP contribution in [0.15, 0.2) is 36.7 Å². The third kappa shape index (κ3) is 4.61. The van der Waals surface area contributed by atoms with Crippen LogP contribution in [0, 0.1) is 13.8 Å². The number of nitrogens with one attached hydrogen (secondary N) is 3. The van der Waals surface area contributed by atoms with Gasteiger partial charge in [0.25, 0.3) is 5.91 Å². The standard InChI is InChI=1S/C22H20Cl2N6O2/c1-4-32-18-8-17-16(27-22(28-17)30-20-14(23)9-25-10-15(20)24)7-13(18)21(31)29-19-6-11(2)5-12(3)26-19/h5-10H,4H2,1-3H3,(H,26,29,31)(H2,25,27,28,30). The van der Waals surface area contributed by atoms with Gasteiger partial charge in [0.15, 0.2) is 0 Å². The summed E-state index contributed by atoms with van der Waals surface area (Å²) in [7, 11) is 0. The van der Waals surface area contributed by atoms with Crippen molar-refractivity contribution in [3.63, 3.8) is 0 Å². The van der Waals surface area contributed by atoms with Crippen LogP contribution in [0.25, 0.3) is 11.0 Å². The van der Waals surface area contributed by atoms with Gasteiger partial charge in [0, 0.05) is 24.2 Å². The quantitative estimate of drug-likeness (QED) is 0.335. The van der Waals surface area contributed by atoms with E-state index in [9.17, 15) is 4.79 Å². The number of anilines is 3. The Balaban J connectivity index is 1.69. The fourth-order valence-corrected chi connectivity index (χ4v) is 3.75. The lowest BCUT2D eigenvalue weighted by Crippen LogP contribution is -2.15. The number of ether oxygens (including phenoxy) is 1. The first-order chi connectivity index (χ1) is 15.3. The number of hydrogen-bond donors (Lipinski definition) is 3. The lowest BCUT2D eigenvalue weighted by molar-refractivity contribution is 0.102. The average Bonchev–Trinajstić information content (AvgIpc) is 3.11. The Morgan fingerprint density at radius 1 is 1.09 bits per heavy atom. The maximum absolute atomic E-state index is 13.0. The van der Waals surface area contributed by atoms with E-state index in [0.29, 0.717) is 56.5 Å². The normalized spacial score (nSPS) is 10.9. The minimum Gasteiger partial charge on any atom is -0.493 e. The molecule has 0 unspecified atom stereocenters. The van der Waals surface area contributed by atoms with Crippen molar-refractivity contribution in [2.24, 2.45) is 0 Å². The van der Waals surface area contributed by atoms with E-state index in [1.165, 1.54) is 12.4 Å². The number of aryl methyl sites for hydroxylation is 2. The van der Waals surface area contributed by atoms with Gasteiger partial charge in [-0.1, -0.05) is 23.2 Å². The molecule has 10 heteroatoms. The number of aromatic amines is 1. The summed E-state index contributed by atoms with van der Waals surface area (Å²) in [5.74, 6) is 0.965. The number of carbonyl (C=O) groups is 1. The molecule has 0 radical (unpaired) electrons. The van der Waals surface area contributed by atoms with Gasteiger partial charge in [0.05, 0.1) is 38.9 Å². The predicted octanol–water partition coefficient (Wildman–Crippen LogP) is 5.67. The van der Waals surface area contributed by atoms with E-state index in [0.717, 1.165) is 11.3 Å². The summed E-state index contributed by atoms with van der Waals surface area (Å²) in [6.45, 7) is 6.07. The molecule has 0 bridgehead atoms. The Morgan fingerprint density at radius 2 is 1.84 bits per heavy atom. The number of fused-ring (bicyclic) bond motifs is 1. The van der Waals surface area contributed by atoms with E-state index in [2.05, 4.69) is 30.6 Å². The maximum Gasteiger partial charge on any atom is 0.260 e. The monoisotopic (exact) mass is 470 g/mol. The van der Waals surface area contributed by atoms with Gasteiger partial charge in [-0.05, 0) is 44.5 Å². The lowest BCUT2D eigenvalue weighted by atomic mass is 10.1. The summed E-state index contributed by atoms with van der Waals surface area (Å²) in [4.78, 5) is 29.0. The first-order valence-electron chi connectivity index (χ1n) is 9.83. The molecule has 32 heavy (non-hydrogen) atoms. The van der Waals surface area contributed by atoms with Crippen molar-refractivity contribution < 1.29 is 9.53 Å². The summed E-state index contributed by atoms with van der Waals surface area (Å²) in [6.07, 6.45) is 2.96. The summed E-state index contributed by atoms with van der Waals surface area (Å²) in [5, 5.41) is 6.61. The van der Waals surface area contributed by atoms with Crippen molar-refractivity contribution in [1.82, 2.24) is 19.9 Å². The minimum atomic E-state index is -0.336. The molecular formula is C22H20Cl2N6O2. The van der Waals surface area contributed by atoms with Crippen molar-refractivity contribution in [2.75, 3.05) is 17.2 Å². The highest BCUT2D eigenvalue weighted by Gasteiger charge is 2.18. The zero-order valence-electron chi connectivity index (χ0n) is 17.6. The molecular weight excluding hydrogens is 451 g/mol. The molecule has 1 aromatic carbocycles. The molecule has 0 fully saturated rings. The third-order valence-corrected chi connectivity index (χ3v) is 5.14. The van der Waals surface area contributed by atoms with Gasteiger partial charge in [-0.15, -0.1) is 0 Å². The molecule has 0 atom stereocenters. The molecule has 3 N–H and O–H groups in total. The number of H-pyrrole nitrogens is 1. The molecule has 3 aromatic heterocycles. The Morgan fingerprint density at radius 3 is 2.53 bits per heavy atom. The SMILES string of the molecule is CCOc1cc2nc(Nc3c(Cl)cncc3Cl)[nH]c2cc1C(=O)Nc1cc(C)cc(C)n1. The summed E-state index contributed by atoms with van der Waals surface area (Å²) >= 11 is 12.4. The van der Waals surface area contributed by atoms with Crippen LogP contribution in [0.3, 0.4) is 0 Å². The predicted molar refractivity (Wildman–Crippen MR) is 126 cm³/mol. The van der Waals surface area contributed by atoms with E-state index in [4.69, 9.17) is 27.9 Å². The van der Waals surface area contributed by atoms with Gasteiger partial charge in [-0.25, -0.2) is 9.97 Å². The van der Waals surface area contributed by atoms with E-state index in [-0.39, 0.29) is 5.91 Å². The second-order valence-electron chi connectivity index (χ2n) is 7.11. The Bertz CT molecular complexity index is 1280. The van der Waals surface area contributed by atoms with Gasteiger partial charge in [-0.3, -0.25) is 9.78 Å². The second kappa shape index (κ2) is 9.02. The number of imidazole rings is 1. The Kier molecular flexibility index (Phi) is 6.16. The molecule has 0 saturated carbocycles. The fraction of sp³-hybridized carbons (Fsp3) is 0.182. The van der Waals surface area contributed by atoms with Crippen molar-refractivity contribution in [1.29, 1.82) is 0 Å². The molecule has 0 spiro atoms. The number of rotatable bonds is 6. The number of halogens is 2. The summed E-state index contributed by atoms with van der Waals surface area (Å²) in [6, 6.07) is 7.14. The summed E-state index contributed by atoms with van der Waals surface area (Å²) in [5.41, 5.74) is 3.90. The molecule has 4 aromatic rings. The van der Waals surface area contributed by atoms with Gasteiger partial charge in [0.1, 0.15) is 11.6 Å². The van der Waals surface area contributed by atoms with Crippen LogP contribution in [0.1, 0.15) is 28.5 Å². The Hall–Kier alpha value is -3.36. The number of benzene rings is 1. The summed E-state index contributed by atoms with van der Waals surface area (Å²) < 4.78 is 5.71. The van der Waals surface area contributed by atoms with E-state index in [1.807, 2.05) is 32.9 Å². The van der Waals surface area contributed by atoms with Crippen LogP contribution in [0.2, 0.25) is 10.0 Å². The molecule has 0 aliphatic carbocycles. The number of nitrogens with zero attached hydrogens (tertiary/aromatic N) is 3. The molecule has 164 valence electrons. The van der Waals surface area contributed by atoms with E-state index < -0.39 is 0 Å². The first-order valence-corrected chi connectivity index (χ1v) is 10.6. The zero-order chi connectivity index (χ0) is 22.8. The number of hydrogen-bond acceptors (Lipinski definition) is 6. The fourth-order valence-electron chi connectivity index (χ4n) is 3.29. The van der Waals surface area contributed by atoms with E-state index >= 15 is 0 Å². The first kappa shape index (κ1) is 21.9. The topological polar surface area (TPSA) is 105 Å². The van der Waals surface area contributed by atoms with Crippen LogP contribution in [0.4, 0.5) is 17.5 Å². The highest BCUT2D eigenvalue weighted by atomic mass is 35.5. The highest BCUT2D eigenvalue weighted by molar-refractivity contribution is 6.39. The molecule has 1 amide bonds. The van der Waals surface area contributed by atoms with Crippen molar-refractivity contribution in [2.45, 2.75) is 20.8 Å². The smallest absolute Gasteiger partial charge is 0.260 e. The third-order valence-electron chi connectivity index (χ3n) is 4.56. The molecule has 0 aliphatic rings. The van der Waals surface area contributed by atoms with Crippen molar-refractivity contribution in [3.8, 4) is 5.75 Å². The maximum atomic E-state index is 13.0. The number of aromatic nitrogens is 4. The lowest BCUT2D eigenvalue weighted by Gasteiger charge is -2.11. The van der Waals surface area contributed by atoms with Crippen molar-refractivity contribution in [3.05, 3.63) is 63.5 Å². The Labute approximate surface area is 194 Å². The molecule has 3 heterocycles. The van der Waals surface area contributed by atoms with Crippen LogP contribution in [0.5, 0.6) is 5.75 Å². The number of carbonyl (C=O) groups excluding carboxylic acids is 1.